The molecule has 316 valence electrons. The van der Waals surface area contributed by atoms with Gasteiger partial charge in [-0.15, -0.1) is 11.3 Å². The molecule has 5 aromatic rings. The van der Waals surface area contributed by atoms with E-state index in [1.807, 2.05) is 63.5 Å². The highest BCUT2D eigenvalue weighted by Gasteiger charge is 2.50. The van der Waals surface area contributed by atoms with Crippen molar-refractivity contribution in [1.82, 2.24) is 35.3 Å². The van der Waals surface area contributed by atoms with E-state index in [1.54, 1.807) is 13.3 Å². The zero-order valence-corrected chi connectivity index (χ0v) is 36.3. The number of fused-ring (bicyclic) bond motifs is 6. The first-order chi connectivity index (χ1) is 28.9. The average Bonchev–Trinajstić information content (AvgIpc) is 3.53. The fourth-order valence-electron chi connectivity index (χ4n) is 8.82. The summed E-state index contributed by atoms with van der Waals surface area (Å²) >= 11 is 1.40. The van der Waals surface area contributed by atoms with Crippen molar-refractivity contribution in [3.8, 4) is 22.5 Å². The Bertz CT molecular complexity index is 2370. The third kappa shape index (κ3) is 8.22. The van der Waals surface area contributed by atoms with Crippen molar-refractivity contribution in [3.05, 3.63) is 88.3 Å². The maximum atomic E-state index is 14.6. The number of benzene rings is 1. The SMILES string of the molecule is CCO[C@@H]1c2nc(cs2)-c2ccc3c(c2)c(c(-c2cccnc2[C@H](C)OC)n3Cc2ccccn2)CC(C)(C)COC(=O)[C@@H]2CCCN(N2)C(=O)[C@H]1NC(=O)[C@H]1[C@H](C)[C@@H]1C. The van der Waals surface area contributed by atoms with E-state index in [0.29, 0.717) is 37.4 Å². The highest BCUT2D eigenvalue weighted by atomic mass is 32.1. The molecule has 8 rings (SSSR count). The molecule has 1 aliphatic carbocycles. The highest BCUT2D eigenvalue weighted by Crippen LogP contribution is 2.46. The zero-order valence-electron chi connectivity index (χ0n) is 35.4. The third-order valence-electron chi connectivity index (χ3n) is 12.4. The molecule has 13 nitrogen and oxygen atoms in total. The van der Waals surface area contributed by atoms with Crippen LogP contribution in [0.25, 0.3) is 33.4 Å². The predicted molar refractivity (Wildman–Crippen MR) is 229 cm³/mol. The molecule has 6 bridgehead atoms. The summed E-state index contributed by atoms with van der Waals surface area (Å²) in [6.45, 7) is 13.5. The summed E-state index contributed by atoms with van der Waals surface area (Å²) in [7, 11) is 1.69. The van der Waals surface area contributed by atoms with Gasteiger partial charge in [-0.25, -0.2) is 10.4 Å². The topological polar surface area (TPSA) is 150 Å². The first-order valence-corrected chi connectivity index (χ1v) is 21.9. The summed E-state index contributed by atoms with van der Waals surface area (Å²) in [5.74, 6) is -0.786. The normalized spacial score (nSPS) is 24.8. The lowest BCUT2D eigenvalue weighted by Gasteiger charge is -2.37. The summed E-state index contributed by atoms with van der Waals surface area (Å²) in [6, 6.07) is 14.5. The Balaban J connectivity index is 1.32. The number of hydrogen-bond acceptors (Lipinski definition) is 11. The van der Waals surface area contributed by atoms with Gasteiger partial charge >= 0.3 is 5.97 Å². The van der Waals surface area contributed by atoms with Crippen molar-refractivity contribution >= 4 is 40.0 Å². The fourth-order valence-corrected chi connectivity index (χ4v) is 9.73. The molecule has 3 aliphatic rings. The maximum Gasteiger partial charge on any atom is 0.324 e. The van der Waals surface area contributed by atoms with E-state index in [0.717, 1.165) is 50.4 Å². The molecular weight excluding hydrogens is 779 g/mol. The number of ether oxygens (including phenoxy) is 3. The Morgan fingerprint density at radius 2 is 1.90 bits per heavy atom. The lowest BCUT2D eigenvalue weighted by Crippen LogP contribution is -2.61. The number of hydrazine groups is 1. The molecule has 2 N–H and O–H groups in total. The van der Waals surface area contributed by atoms with Crippen molar-refractivity contribution in [2.75, 3.05) is 26.9 Å². The number of carbonyl (C=O) groups excluding carboxylic acids is 3. The molecule has 2 fully saturated rings. The minimum Gasteiger partial charge on any atom is -0.464 e. The Morgan fingerprint density at radius 3 is 2.63 bits per heavy atom. The van der Waals surface area contributed by atoms with Crippen LogP contribution in [0.1, 0.15) is 88.6 Å². The van der Waals surface area contributed by atoms with Gasteiger partial charge in [0, 0.05) is 71.4 Å². The standard InChI is InChI=1S/C46H55N7O6S/c1-8-58-41-39(50-42(54)37-26(2)27(37)3)44(55)53-20-12-15-34(51-53)45(56)59-25-46(5,6)22-33-32-21-29(35-24-60-43(41)49-35)16-17-36(32)52(23-30-13-9-10-18-47-30)40(33)31-14-11-19-48-38(31)28(4)57-7/h9-11,13-14,16-19,21,24,26-28,34,37,39,41,51H,8,12,15,20,22-23,25H2,1-7H3,(H,50,54)/t26-,27+,28-,34-,37+,39-,41-/m0/s1. The van der Waals surface area contributed by atoms with Crippen molar-refractivity contribution < 1.29 is 28.6 Å². The Hall–Kier alpha value is -5.02. The van der Waals surface area contributed by atoms with Crippen LogP contribution in [0.4, 0.5) is 0 Å². The minimum absolute atomic E-state index is 0.136. The molecule has 4 aromatic heterocycles. The Kier molecular flexibility index (Phi) is 11.9. The van der Waals surface area contributed by atoms with Gasteiger partial charge in [-0.05, 0) is 86.9 Å². The first-order valence-electron chi connectivity index (χ1n) is 21.0. The summed E-state index contributed by atoms with van der Waals surface area (Å²) in [5.41, 5.74) is 9.98. The number of carbonyl (C=O) groups is 3. The molecule has 2 aliphatic heterocycles. The number of rotatable bonds is 9. The van der Waals surface area contributed by atoms with Gasteiger partial charge in [-0.1, -0.05) is 39.8 Å². The monoisotopic (exact) mass is 833 g/mol. The lowest BCUT2D eigenvalue weighted by atomic mass is 9.84. The molecule has 1 saturated heterocycles. The van der Waals surface area contributed by atoms with Crippen LogP contribution in [-0.2, 0) is 41.6 Å². The van der Waals surface area contributed by atoms with Gasteiger partial charge in [-0.2, -0.15) is 0 Å². The van der Waals surface area contributed by atoms with Crippen LogP contribution in [-0.4, -0.2) is 81.3 Å². The van der Waals surface area contributed by atoms with Crippen LogP contribution in [0.5, 0.6) is 0 Å². The Morgan fingerprint density at radius 1 is 1.10 bits per heavy atom. The van der Waals surface area contributed by atoms with E-state index in [4.69, 9.17) is 29.2 Å². The molecular formula is C46H55N7O6S. The summed E-state index contributed by atoms with van der Waals surface area (Å²) < 4.78 is 20.7. The number of hydrogen-bond donors (Lipinski definition) is 2. The highest BCUT2D eigenvalue weighted by molar-refractivity contribution is 7.10. The number of thiazole rings is 1. The van der Waals surface area contributed by atoms with Crippen LogP contribution >= 0.6 is 11.3 Å². The van der Waals surface area contributed by atoms with Crippen LogP contribution in [0, 0.1) is 23.2 Å². The Labute approximate surface area is 355 Å². The average molecular weight is 834 g/mol. The van der Waals surface area contributed by atoms with Crippen LogP contribution in [0.3, 0.4) is 0 Å². The molecule has 2 amide bonds. The van der Waals surface area contributed by atoms with Gasteiger partial charge in [0.2, 0.25) is 5.91 Å². The number of aromatic nitrogens is 4. The predicted octanol–water partition coefficient (Wildman–Crippen LogP) is 7.06. The van der Waals surface area contributed by atoms with Crippen molar-refractivity contribution in [3.63, 3.8) is 0 Å². The molecule has 7 atom stereocenters. The smallest absolute Gasteiger partial charge is 0.324 e. The molecule has 0 radical (unpaired) electrons. The lowest BCUT2D eigenvalue weighted by molar-refractivity contribution is -0.156. The van der Waals surface area contributed by atoms with Gasteiger partial charge in [0.05, 0.1) is 42.0 Å². The summed E-state index contributed by atoms with van der Waals surface area (Å²) in [5, 5.41) is 8.12. The number of cyclic esters (lactones) is 1. The fraction of sp³-hybridized carbons (Fsp3) is 0.478. The van der Waals surface area contributed by atoms with E-state index in [-0.39, 0.29) is 48.9 Å². The molecule has 1 saturated carbocycles. The number of methoxy groups -OCH3 is 1. The molecule has 1 aromatic carbocycles. The second-order valence-corrected chi connectivity index (χ2v) is 18.1. The van der Waals surface area contributed by atoms with Crippen LogP contribution < -0.4 is 10.7 Å². The van der Waals surface area contributed by atoms with E-state index in [9.17, 15) is 14.4 Å². The summed E-state index contributed by atoms with van der Waals surface area (Å²) in [6.07, 6.45) is 4.07. The zero-order chi connectivity index (χ0) is 42.3. The van der Waals surface area contributed by atoms with Gasteiger partial charge in [0.1, 0.15) is 23.2 Å². The van der Waals surface area contributed by atoms with Gasteiger partial charge in [0.15, 0.2) is 0 Å². The maximum absolute atomic E-state index is 14.6. The first kappa shape index (κ1) is 41.7. The van der Waals surface area contributed by atoms with E-state index in [2.05, 4.69) is 53.4 Å². The largest absolute Gasteiger partial charge is 0.464 e. The number of nitrogens with one attached hydrogen (secondary N) is 2. The van der Waals surface area contributed by atoms with E-state index in [1.165, 1.54) is 16.3 Å². The number of esters is 1. The molecule has 0 spiro atoms. The van der Waals surface area contributed by atoms with Gasteiger partial charge in [-0.3, -0.25) is 29.4 Å². The quantitative estimate of drug-likeness (QED) is 0.148. The number of amides is 2. The van der Waals surface area contributed by atoms with Crippen LogP contribution in [0.2, 0.25) is 0 Å². The molecule has 14 heteroatoms. The van der Waals surface area contributed by atoms with Crippen molar-refractivity contribution in [1.29, 1.82) is 0 Å². The number of pyridine rings is 2. The molecule has 0 unspecified atom stereocenters. The third-order valence-corrected chi connectivity index (χ3v) is 13.3. The van der Waals surface area contributed by atoms with Crippen molar-refractivity contribution in [2.24, 2.45) is 23.2 Å². The summed E-state index contributed by atoms with van der Waals surface area (Å²) in [4.78, 5) is 57.0. The van der Waals surface area contributed by atoms with Gasteiger partial charge < -0.3 is 24.1 Å². The van der Waals surface area contributed by atoms with E-state index >= 15 is 0 Å². The molecule has 6 heterocycles. The van der Waals surface area contributed by atoms with Crippen LogP contribution in [0.15, 0.2) is 66.3 Å². The van der Waals surface area contributed by atoms with Gasteiger partial charge in [0.25, 0.3) is 5.91 Å². The number of nitrogens with zero attached hydrogens (tertiary/aromatic N) is 5. The molecule has 60 heavy (non-hydrogen) atoms. The minimum atomic E-state index is -1.09. The second kappa shape index (κ2) is 17.2. The van der Waals surface area contributed by atoms with E-state index < -0.39 is 29.6 Å². The second-order valence-electron chi connectivity index (χ2n) is 17.2. The van der Waals surface area contributed by atoms with Crippen molar-refractivity contribution in [2.45, 2.75) is 91.6 Å².